The molecule has 7 nitrogen and oxygen atoms in total. The molecule has 2 aliphatic rings. The third-order valence-corrected chi connectivity index (χ3v) is 4.28. The molecule has 3 rings (SSSR count). The van der Waals surface area contributed by atoms with Gasteiger partial charge in [-0.3, -0.25) is 4.90 Å². The lowest BCUT2D eigenvalue weighted by molar-refractivity contribution is 0.0208. The number of nitrogens with one attached hydrogen (secondary N) is 2. The molecule has 1 aromatic carbocycles. The van der Waals surface area contributed by atoms with Crippen LogP contribution < -0.4 is 20.1 Å². The fraction of sp³-hybridized carbons (Fsp3) is 0.588. The molecular weight excluding hydrogens is 310 g/mol. The van der Waals surface area contributed by atoms with Crippen molar-refractivity contribution >= 4 is 6.03 Å². The molecule has 2 unspecified atom stereocenters. The predicted molar refractivity (Wildman–Crippen MR) is 89.6 cm³/mol. The van der Waals surface area contributed by atoms with E-state index in [0.29, 0.717) is 25.7 Å². The zero-order valence-electron chi connectivity index (χ0n) is 14.0. The summed E-state index contributed by atoms with van der Waals surface area (Å²) in [6.07, 6.45) is -0.178. The minimum atomic E-state index is -0.183. The van der Waals surface area contributed by atoms with Gasteiger partial charge in [0.15, 0.2) is 17.6 Å². The van der Waals surface area contributed by atoms with Gasteiger partial charge in [0.2, 0.25) is 0 Å². The molecule has 1 saturated heterocycles. The molecule has 2 atom stereocenters. The predicted octanol–water partition coefficient (Wildman–Crippen LogP) is 0.846. The highest BCUT2D eigenvalue weighted by molar-refractivity contribution is 5.73. The Balaban J connectivity index is 1.35. The van der Waals surface area contributed by atoms with E-state index in [9.17, 15) is 4.79 Å². The number of carbonyl (C=O) groups is 1. The number of nitrogens with zero attached hydrogens (tertiary/aromatic N) is 1. The van der Waals surface area contributed by atoms with E-state index in [2.05, 4.69) is 22.5 Å². The molecule has 2 N–H and O–H groups in total. The number of hydrogen-bond donors (Lipinski definition) is 2. The van der Waals surface area contributed by atoms with Gasteiger partial charge < -0.3 is 24.8 Å². The minimum absolute atomic E-state index is 0.178. The average molecular weight is 335 g/mol. The number of carbonyl (C=O) groups excluding carboxylic acids is 1. The fourth-order valence-electron chi connectivity index (χ4n) is 2.82. The molecule has 0 aliphatic carbocycles. The summed E-state index contributed by atoms with van der Waals surface area (Å²) in [7, 11) is 0. The molecule has 132 valence electrons. The number of fused-ring (bicyclic) bond motifs is 1. The fourth-order valence-corrected chi connectivity index (χ4v) is 2.82. The van der Waals surface area contributed by atoms with Crippen LogP contribution in [0, 0.1) is 0 Å². The summed E-state index contributed by atoms with van der Waals surface area (Å²) in [6, 6.07) is 7.66. The molecule has 0 aromatic heterocycles. The van der Waals surface area contributed by atoms with E-state index in [4.69, 9.17) is 14.2 Å². The van der Waals surface area contributed by atoms with Crippen molar-refractivity contribution in [1.29, 1.82) is 0 Å². The molecule has 2 heterocycles. The van der Waals surface area contributed by atoms with Gasteiger partial charge in [-0.2, -0.15) is 0 Å². The van der Waals surface area contributed by atoms with Crippen LogP contribution in [0.3, 0.4) is 0 Å². The standard InChI is InChI=1S/C17H25N3O4/c1-13(20-6-8-22-9-7-20)10-18-17(21)19-11-14-12-23-15-4-2-3-5-16(15)24-14/h2-5,13-14H,6-12H2,1H3,(H2,18,19,21). The largest absolute Gasteiger partial charge is 0.486 e. The maximum Gasteiger partial charge on any atom is 0.314 e. The van der Waals surface area contributed by atoms with E-state index in [-0.39, 0.29) is 12.1 Å². The smallest absolute Gasteiger partial charge is 0.314 e. The molecule has 0 spiro atoms. The molecule has 0 radical (unpaired) electrons. The van der Waals surface area contributed by atoms with Crippen LogP contribution in [0.5, 0.6) is 11.5 Å². The lowest BCUT2D eigenvalue weighted by atomic mass is 10.2. The first-order valence-electron chi connectivity index (χ1n) is 8.44. The summed E-state index contributed by atoms with van der Waals surface area (Å²) in [5.41, 5.74) is 0. The van der Waals surface area contributed by atoms with Gasteiger partial charge >= 0.3 is 6.03 Å². The summed E-state index contributed by atoms with van der Waals surface area (Å²) in [5, 5.41) is 5.75. The number of urea groups is 1. The first-order valence-corrected chi connectivity index (χ1v) is 8.44. The SMILES string of the molecule is CC(CNC(=O)NCC1COc2ccccc2O1)N1CCOCC1. The lowest BCUT2D eigenvalue weighted by Crippen LogP contribution is -2.50. The normalized spacial score (nSPS) is 21.8. The lowest BCUT2D eigenvalue weighted by Gasteiger charge is -2.32. The Kier molecular flexibility index (Phi) is 5.77. The van der Waals surface area contributed by atoms with Gasteiger partial charge in [0, 0.05) is 25.7 Å². The summed E-state index contributed by atoms with van der Waals surface area (Å²) < 4.78 is 16.8. The summed E-state index contributed by atoms with van der Waals surface area (Å²) in [6.45, 7) is 6.91. The highest BCUT2D eigenvalue weighted by Crippen LogP contribution is 2.30. The number of ether oxygens (including phenoxy) is 3. The Morgan fingerprint density at radius 3 is 2.79 bits per heavy atom. The van der Waals surface area contributed by atoms with Crippen LogP contribution >= 0.6 is 0 Å². The van der Waals surface area contributed by atoms with Crippen LogP contribution in [0.25, 0.3) is 0 Å². The number of benzene rings is 1. The summed E-state index contributed by atoms with van der Waals surface area (Å²) in [5.74, 6) is 1.47. The number of amides is 2. The van der Waals surface area contributed by atoms with Crippen molar-refractivity contribution in [3.8, 4) is 11.5 Å². The van der Waals surface area contributed by atoms with Crippen molar-refractivity contribution in [2.45, 2.75) is 19.1 Å². The number of hydrogen-bond acceptors (Lipinski definition) is 5. The van der Waals surface area contributed by atoms with Crippen molar-refractivity contribution in [3.63, 3.8) is 0 Å². The molecule has 24 heavy (non-hydrogen) atoms. The van der Waals surface area contributed by atoms with Crippen LogP contribution in [-0.2, 0) is 4.74 Å². The van der Waals surface area contributed by atoms with E-state index < -0.39 is 0 Å². The number of para-hydroxylation sites is 2. The Hall–Kier alpha value is -1.99. The van der Waals surface area contributed by atoms with Crippen molar-refractivity contribution in [2.75, 3.05) is 46.0 Å². The second-order valence-electron chi connectivity index (χ2n) is 6.09. The molecular formula is C17H25N3O4. The molecule has 1 fully saturated rings. The molecule has 2 aliphatic heterocycles. The van der Waals surface area contributed by atoms with Crippen molar-refractivity contribution < 1.29 is 19.0 Å². The Morgan fingerprint density at radius 2 is 2.00 bits per heavy atom. The molecule has 7 heteroatoms. The van der Waals surface area contributed by atoms with Crippen LogP contribution in [0.2, 0.25) is 0 Å². The third-order valence-electron chi connectivity index (χ3n) is 4.28. The van der Waals surface area contributed by atoms with Crippen LogP contribution in [0.4, 0.5) is 4.79 Å². The van der Waals surface area contributed by atoms with Crippen molar-refractivity contribution in [3.05, 3.63) is 24.3 Å². The zero-order valence-corrected chi connectivity index (χ0v) is 14.0. The van der Waals surface area contributed by atoms with Gasteiger partial charge in [-0.25, -0.2) is 4.79 Å². The Bertz CT molecular complexity index is 548. The summed E-state index contributed by atoms with van der Waals surface area (Å²) in [4.78, 5) is 14.3. The average Bonchev–Trinajstić information content (AvgIpc) is 2.65. The number of morpholine rings is 1. The molecule has 2 amide bonds. The topological polar surface area (TPSA) is 72.1 Å². The van der Waals surface area contributed by atoms with Gasteiger partial charge in [-0.05, 0) is 19.1 Å². The third kappa shape index (κ3) is 4.52. The molecule has 1 aromatic rings. The second kappa shape index (κ2) is 8.21. The first kappa shape index (κ1) is 16.9. The number of rotatable bonds is 5. The second-order valence-corrected chi connectivity index (χ2v) is 6.09. The zero-order chi connectivity index (χ0) is 16.8. The van der Waals surface area contributed by atoms with E-state index in [1.54, 1.807) is 0 Å². The highest BCUT2D eigenvalue weighted by Gasteiger charge is 2.21. The van der Waals surface area contributed by atoms with Crippen molar-refractivity contribution in [2.24, 2.45) is 0 Å². The van der Waals surface area contributed by atoms with Crippen LogP contribution in [-0.4, -0.2) is 69.1 Å². The van der Waals surface area contributed by atoms with Gasteiger partial charge in [0.25, 0.3) is 0 Å². The van der Waals surface area contributed by atoms with E-state index >= 15 is 0 Å². The monoisotopic (exact) mass is 335 g/mol. The molecule has 0 saturated carbocycles. The van der Waals surface area contributed by atoms with E-state index in [1.807, 2.05) is 24.3 Å². The molecule has 0 bridgehead atoms. The quantitative estimate of drug-likeness (QED) is 0.835. The van der Waals surface area contributed by atoms with E-state index in [0.717, 1.165) is 37.8 Å². The van der Waals surface area contributed by atoms with Crippen molar-refractivity contribution in [1.82, 2.24) is 15.5 Å². The summed E-state index contributed by atoms with van der Waals surface area (Å²) >= 11 is 0. The van der Waals surface area contributed by atoms with Crippen LogP contribution in [0.1, 0.15) is 6.92 Å². The maximum atomic E-state index is 12.0. The highest BCUT2D eigenvalue weighted by atomic mass is 16.6. The first-order chi connectivity index (χ1) is 11.7. The maximum absolute atomic E-state index is 12.0. The van der Waals surface area contributed by atoms with Gasteiger partial charge in [0.05, 0.1) is 19.8 Å². The van der Waals surface area contributed by atoms with Gasteiger partial charge in [0.1, 0.15) is 6.61 Å². The van der Waals surface area contributed by atoms with E-state index in [1.165, 1.54) is 0 Å². The van der Waals surface area contributed by atoms with Gasteiger partial charge in [-0.1, -0.05) is 12.1 Å². The van der Waals surface area contributed by atoms with Crippen LogP contribution in [0.15, 0.2) is 24.3 Å². The minimum Gasteiger partial charge on any atom is -0.486 e. The van der Waals surface area contributed by atoms with Gasteiger partial charge in [-0.15, -0.1) is 0 Å². The Labute approximate surface area is 142 Å². The Morgan fingerprint density at radius 1 is 1.25 bits per heavy atom.